The van der Waals surface area contributed by atoms with Crippen molar-refractivity contribution >= 4 is 67.9 Å². The normalized spacial score (nSPS) is 11.3. The van der Waals surface area contributed by atoms with Crippen LogP contribution in [0.5, 0.6) is 0 Å². The summed E-state index contributed by atoms with van der Waals surface area (Å²) in [6, 6.07) is 8.26. The molecule has 0 aliphatic rings. The average Bonchev–Trinajstić information content (AvgIpc) is 3.03. The van der Waals surface area contributed by atoms with E-state index in [1.165, 1.54) is 9.58 Å². The van der Waals surface area contributed by atoms with Gasteiger partial charge in [0.25, 0.3) is 0 Å². The monoisotopic (exact) mass is 358 g/mol. The van der Waals surface area contributed by atoms with Crippen LogP contribution in [0.25, 0.3) is 10.1 Å². The molecule has 2 heterocycles. The third kappa shape index (κ3) is 3.14. The van der Waals surface area contributed by atoms with Crippen LogP contribution in [0.2, 0.25) is 5.02 Å². The van der Waals surface area contributed by atoms with Crippen molar-refractivity contribution in [3.05, 3.63) is 34.2 Å². The molecule has 2 nitrogen and oxygen atoms in total. The van der Waals surface area contributed by atoms with Gasteiger partial charge < -0.3 is 0 Å². The van der Waals surface area contributed by atoms with Gasteiger partial charge in [0.05, 0.1) is 5.02 Å². The van der Waals surface area contributed by atoms with Crippen molar-refractivity contribution < 1.29 is 0 Å². The van der Waals surface area contributed by atoms with Crippen LogP contribution in [-0.4, -0.2) is 16.0 Å². The van der Waals surface area contributed by atoms with E-state index in [1.54, 1.807) is 46.2 Å². The molecule has 1 aromatic carbocycles. The van der Waals surface area contributed by atoms with Crippen LogP contribution in [0, 0.1) is 0 Å². The van der Waals surface area contributed by atoms with Gasteiger partial charge >= 0.3 is 0 Å². The molecule has 0 bridgehead atoms. The van der Waals surface area contributed by atoms with E-state index < -0.39 is 0 Å². The van der Waals surface area contributed by atoms with E-state index in [0.29, 0.717) is 0 Å². The number of hydrogen-bond donors (Lipinski definition) is 0. The smallest absolute Gasteiger partial charge is 0.138 e. The number of rotatable bonds is 5. The fraction of sp³-hybridized carbons (Fsp3) is 0.231. The molecule has 0 atom stereocenters. The summed E-state index contributed by atoms with van der Waals surface area (Å²) in [6.07, 6.45) is 0. The van der Waals surface area contributed by atoms with Crippen LogP contribution >= 0.6 is 57.8 Å². The van der Waals surface area contributed by atoms with E-state index >= 15 is 0 Å². The number of fused-ring (bicyclic) bond motifs is 1. The Morgan fingerprint density at radius 1 is 1.10 bits per heavy atom. The first-order valence-corrected chi connectivity index (χ1v) is 10.0. The highest BCUT2D eigenvalue weighted by atomic mass is 35.5. The zero-order chi connectivity index (χ0) is 13.9. The largest absolute Gasteiger partial charge is 0.175 e. The Hall–Kier alpha value is -0.270. The molecule has 0 spiro atoms. The second-order valence-corrected chi connectivity index (χ2v) is 9.12. The lowest BCUT2D eigenvalue weighted by atomic mass is 10.2. The lowest BCUT2D eigenvalue weighted by Crippen LogP contribution is -1.76. The molecule has 0 radical (unpaired) electrons. The van der Waals surface area contributed by atoms with Gasteiger partial charge in [-0.15, -0.1) is 21.5 Å². The van der Waals surface area contributed by atoms with Gasteiger partial charge in [-0.1, -0.05) is 71.6 Å². The van der Waals surface area contributed by atoms with Gasteiger partial charge in [0.1, 0.15) is 0 Å². The van der Waals surface area contributed by atoms with E-state index in [0.717, 1.165) is 30.6 Å². The SMILES string of the molecule is CCSc1nnc(SCc2sc3ccccc3c2Cl)s1. The number of thiophene rings is 1. The summed E-state index contributed by atoms with van der Waals surface area (Å²) in [5.41, 5.74) is 0. The van der Waals surface area contributed by atoms with Gasteiger partial charge in [-0.05, 0) is 11.8 Å². The minimum Gasteiger partial charge on any atom is -0.138 e. The molecule has 0 aliphatic carbocycles. The van der Waals surface area contributed by atoms with Crippen molar-refractivity contribution in [2.24, 2.45) is 0 Å². The maximum absolute atomic E-state index is 6.44. The van der Waals surface area contributed by atoms with E-state index in [4.69, 9.17) is 11.6 Å². The first-order chi connectivity index (χ1) is 9.78. The summed E-state index contributed by atoms with van der Waals surface area (Å²) < 4.78 is 3.29. The molecule has 0 aliphatic heterocycles. The van der Waals surface area contributed by atoms with Crippen molar-refractivity contribution in [3.8, 4) is 0 Å². The van der Waals surface area contributed by atoms with Crippen LogP contribution < -0.4 is 0 Å². The third-order valence-electron chi connectivity index (χ3n) is 2.58. The molecule has 0 fully saturated rings. The Labute approximate surface area is 139 Å². The number of benzene rings is 1. The minimum atomic E-state index is 0.851. The van der Waals surface area contributed by atoms with E-state index in [-0.39, 0.29) is 0 Å². The summed E-state index contributed by atoms with van der Waals surface area (Å²) in [6.45, 7) is 2.12. The van der Waals surface area contributed by atoms with Gasteiger partial charge in [0.2, 0.25) is 0 Å². The Balaban J connectivity index is 1.74. The maximum atomic E-state index is 6.44. The molecule has 0 N–H and O–H groups in total. The van der Waals surface area contributed by atoms with Crippen LogP contribution in [0.15, 0.2) is 32.9 Å². The predicted molar refractivity (Wildman–Crippen MR) is 92.7 cm³/mol. The molecule has 20 heavy (non-hydrogen) atoms. The molecular weight excluding hydrogens is 348 g/mol. The highest BCUT2D eigenvalue weighted by molar-refractivity contribution is 8.02. The molecule has 3 rings (SSSR count). The Kier molecular flexibility index (Phi) is 4.88. The fourth-order valence-corrected chi connectivity index (χ4v) is 6.30. The van der Waals surface area contributed by atoms with Gasteiger partial charge in [-0.2, -0.15) is 0 Å². The summed E-state index contributed by atoms with van der Waals surface area (Å²) in [7, 11) is 0. The summed E-state index contributed by atoms with van der Waals surface area (Å²) in [4.78, 5) is 1.21. The Bertz CT molecular complexity index is 722. The summed E-state index contributed by atoms with van der Waals surface area (Å²) >= 11 is 13.3. The van der Waals surface area contributed by atoms with Crippen LogP contribution in [0.1, 0.15) is 11.8 Å². The van der Waals surface area contributed by atoms with Gasteiger partial charge in [0.15, 0.2) is 8.68 Å². The van der Waals surface area contributed by atoms with Gasteiger partial charge in [-0.25, -0.2) is 0 Å². The minimum absolute atomic E-state index is 0.851. The highest BCUT2D eigenvalue weighted by Gasteiger charge is 2.11. The zero-order valence-electron chi connectivity index (χ0n) is 10.6. The molecule has 3 aromatic rings. The average molecular weight is 359 g/mol. The molecule has 2 aromatic heterocycles. The van der Waals surface area contributed by atoms with Crippen LogP contribution in [-0.2, 0) is 5.75 Å². The summed E-state index contributed by atoms with van der Waals surface area (Å²) in [5, 5.41) is 10.4. The molecule has 0 saturated carbocycles. The number of nitrogens with zero attached hydrogens (tertiary/aromatic N) is 2. The predicted octanol–water partition coefficient (Wildman–Crippen LogP) is 5.81. The quantitative estimate of drug-likeness (QED) is 0.537. The molecule has 0 amide bonds. The lowest BCUT2D eigenvalue weighted by Gasteiger charge is -1.95. The van der Waals surface area contributed by atoms with Crippen molar-refractivity contribution in [3.63, 3.8) is 0 Å². The topological polar surface area (TPSA) is 25.8 Å². The van der Waals surface area contributed by atoms with Crippen LogP contribution in [0.4, 0.5) is 0 Å². The zero-order valence-corrected chi connectivity index (χ0v) is 14.7. The number of halogens is 1. The van der Waals surface area contributed by atoms with E-state index in [2.05, 4.69) is 29.3 Å². The molecule has 104 valence electrons. The van der Waals surface area contributed by atoms with Crippen molar-refractivity contribution in [2.75, 3.05) is 5.75 Å². The van der Waals surface area contributed by atoms with Gasteiger partial charge in [-0.3, -0.25) is 0 Å². The van der Waals surface area contributed by atoms with Crippen molar-refractivity contribution in [1.29, 1.82) is 0 Å². The molecule has 7 heteroatoms. The number of thioether (sulfide) groups is 2. The van der Waals surface area contributed by atoms with E-state index in [1.807, 2.05) is 12.1 Å². The first-order valence-electron chi connectivity index (χ1n) is 6.03. The molecular formula is C13H11ClN2S4. The van der Waals surface area contributed by atoms with Crippen molar-refractivity contribution in [2.45, 2.75) is 21.4 Å². The second kappa shape index (κ2) is 6.66. The third-order valence-corrected chi connectivity index (χ3v) is 7.58. The molecule has 0 saturated heterocycles. The molecule has 0 unspecified atom stereocenters. The number of aromatic nitrogens is 2. The second-order valence-electron chi connectivity index (χ2n) is 3.89. The van der Waals surface area contributed by atoms with E-state index in [9.17, 15) is 0 Å². The number of hydrogen-bond acceptors (Lipinski definition) is 6. The summed E-state index contributed by atoms with van der Waals surface area (Å²) in [5.74, 6) is 1.88. The Morgan fingerprint density at radius 2 is 1.85 bits per heavy atom. The lowest BCUT2D eigenvalue weighted by molar-refractivity contribution is 0.955. The van der Waals surface area contributed by atoms with Crippen LogP contribution in [0.3, 0.4) is 0 Å². The fourth-order valence-electron chi connectivity index (χ4n) is 1.72. The van der Waals surface area contributed by atoms with Crippen molar-refractivity contribution in [1.82, 2.24) is 10.2 Å². The Morgan fingerprint density at radius 3 is 2.60 bits per heavy atom. The first kappa shape index (κ1) is 14.7. The maximum Gasteiger partial charge on any atom is 0.175 e. The highest BCUT2D eigenvalue weighted by Crippen LogP contribution is 2.39. The standard InChI is InChI=1S/C13H11ClN2S4/c1-2-17-12-15-16-13(20-12)18-7-10-11(14)8-5-3-4-6-9(8)19-10/h3-6H,2,7H2,1H3. The van der Waals surface area contributed by atoms with Gasteiger partial charge in [0, 0.05) is 20.7 Å².